The number of hydrogen-bond acceptors (Lipinski definition) is 4. The van der Waals surface area contributed by atoms with Crippen LogP contribution in [0, 0.1) is 0 Å². The first-order chi connectivity index (χ1) is 6.79. The lowest BCUT2D eigenvalue weighted by atomic mass is 10.2. The normalized spacial score (nSPS) is 21.0. The maximum atomic E-state index is 10.2. The second kappa shape index (κ2) is 6.62. The minimum Gasteiger partial charge on any atom is -0.448 e. The third kappa shape index (κ3) is 5.04. The van der Waals surface area contributed by atoms with Gasteiger partial charge in [-0.25, -0.2) is 4.79 Å². The van der Waals surface area contributed by atoms with Crippen LogP contribution in [0.2, 0.25) is 0 Å². The molecule has 5 heteroatoms. The van der Waals surface area contributed by atoms with Crippen LogP contribution >= 0.6 is 0 Å². The largest absolute Gasteiger partial charge is 0.448 e. The molecule has 0 saturated carbocycles. The molecule has 1 fully saturated rings. The van der Waals surface area contributed by atoms with Crippen LogP contribution in [0.15, 0.2) is 0 Å². The van der Waals surface area contributed by atoms with Gasteiger partial charge in [0.2, 0.25) is 0 Å². The smallest absolute Gasteiger partial charge is 0.404 e. The first kappa shape index (κ1) is 11.3. The number of amides is 1. The maximum Gasteiger partial charge on any atom is 0.404 e. The number of primary amides is 1. The average molecular weight is 202 g/mol. The van der Waals surface area contributed by atoms with Crippen molar-refractivity contribution in [2.75, 3.05) is 26.3 Å². The number of ether oxygens (including phenoxy) is 2. The highest BCUT2D eigenvalue weighted by Gasteiger charge is 2.14. The Kier molecular flexibility index (Phi) is 5.32. The van der Waals surface area contributed by atoms with Crippen molar-refractivity contribution in [1.82, 2.24) is 5.32 Å². The topological polar surface area (TPSA) is 73.6 Å². The van der Waals surface area contributed by atoms with Gasteiger partial charge in [-0.15, -0.1) is 0 Å². The van der Waals surface area contributed by atoms with Crippen molar-refractivity contribution in [3.8, 4) is 0 Å². The Labute approximate surface area is 83.9 Å². The highest BCUT2D eigenvalue weighted by molar-refractivity contribution is 5.64. The van der Waals surface area contributed by atoms with E-state index in [1.54, 1.807) is 0 Å². The molecule has 14 heavy (non-hydrogen) atoms. The summed E-state index contributed by atoms with van der Waals surface area (Å²) in [7, 11) is 0. The molecule has 0 aliphatic carbocycles. The Morgan fingerprint density at radius 3 is 3.07 bits per heavy atom. The molecule has 0 aromatic heterocycles. The van der Waals surface area contributed by atoms with Gasteiger partial charge in [0, 0.05) is 13.2 Å². The zero-order chi connectivity index (χ0) is 10.2. The van der Waals surface area contributed by atoms with Crippen molar-refractivity contribution in [3.05, 3.63) is 0 Å². The van der Waals surface area contributed by atoms with Gasteiger partial charge in [-0.1, -0.05) is 0 Å². The van der Waals surface area contributed by atoms with E-state index in [1.165, 1.54) is 12.8 Å². The lowest BCUT2D eigenvalue weighted by Crippen LogP contribution is -2.26. The van der Waals surface area contributed by atoms with Crippen molar-refractivity contribution in [2.24, 2.45) is 5.73 Å². The first-order valence-corrected chi connectivity index (χ1v) is 5.03. The molecular weight excluding hydrogens is 184 g/mol. The molecule has 1 atom stereocenters. The second-order valence-corrected chi connectivity index (χ2v) is 3.34. The summed E-state index contributed by atoms with van der Waals surface area (Å²) < 4.78 is 10.0. The molecule has 1 aliphatic rings. The van der Waals surface area contributed by atoms with Crippen molar-refractivity contribution in [2.45, 2.75) is 25.4 Å². The van der Waals surface area contributed by atoms with E-state index in [4.69, 9.17) is 10.5 Å². The van der Waals surface area contributed by atoms with Crippen molar-refractivity contribution < 1.29 is 14.3 Å². The fourth-order valence-corrected chi connectivity index (χ4v) is 1.48. The van der Waals surface area contributed by atoms with E-state index >= 15 is 0 Å². The Morgan fingerprint density at radius 2 is 2.43 bits per heavy atom. The summed E-state index contributed by atoms with van der Waals surface area (Å²) in [6.07, 6.45) is 3.07. The van der Waals surface area contributed by atoms with Crippen molar-refractivity contribution >= 4 is 6.09 Å². The molecule has 0 aromatic carbocycles. The molecule has 5 nitrogen and oxygen atoms in total. The van der Waals surface area contributed by atoms with Crippen molar-refractivity contribution in [3.63, 3.8) is 0 Å². The fourth-order valence-electron chi connectivity index (χ4n) is 1.48. The summed E-state index contributed by atoms with van der Waals surface area (Å²) in [5.41, 5.74) is 4.80. The van der Waals surface area contributed by atoms with Crippen LogP contribution in [-0.2, 0) is 9.47 Å². The van der Waals surface area contributed by atoms with E-state index in [1.807, 2.05) is 0 Å². The molecular formula is C9H18N2O3. The Bertz CT molecular complexity index is 169. The molecule has 0 radical (unpaired) electrons. The summed E-state index contributed by atoms with van der Waals surface area (Å²) in [6.45, 7) is 2.78. The van der Waals surface area contributed by atoms with E-state index in [0.717, 1.165) is 19.6 Å². The Balaban J connectivity index is 1.82. The molecule has 0 spiro atoms. The summed E-state index contributed by atoms with van der Waals surface area (Å²) in [5, 5.41) is 3.15. The predicted octanol–water partition coefficient (Wildman–Crippen LogP) is 0.240. The Morgan fingerprint density at radius 1 is 1.57 bits per heavy atom. The standard InChI is InChI=1S/C9H18N2O3/c10-9(12)14-7-5-11-4-3-8-2-1-6-13-8/h8,11H,1-7H2,(H2,10,12). The number of carbonyl (C=O) groups is 1. The molecule has 82 valence electrons. The summed E-state index contributed by atoms with van der Waals surface area (Å²) in [5.74, 6) is 0. The molecule has 0 bridgehead atoms. The molecule has 1 aliphatic heterocycles. The Hall–Kier alpha value is -0.810. The van der Waals surface area contributed by atoms with Crippen LogP contribution in [0.4, 0.5) is 4.79 Å². The molecule has 1 unspecified atom stereocenters. The third-order valence-electron chi connectivity index (χ3n) is 2.19. The van der Waals surface area contributed by atoms with Crippen molar-refractivity contribution in [1.29, 1.82) is 0 Å². The maximum absolute atomic E-state index is 10.2. The van der Waals surface area contributed by atoms with Crippen LogP contribution in [0.3, 0.4) is 0 Å². The number of rotatable bonds is 6. The van der Waals surface area contributed by atoms with E-state index in [2.05, 4.69) is 10.1 Å². The van der Waals surface area contributed by atoms with Gasteiger partial charge in [0.05, 0.1) is 6.10 Å². The van der Waals surface area contributed by atoms with Crippen LogP contribution in [0.5, 0.6) is 0 Å². The average Bonchev–Trinajstić information content (AvgIpc) is 2.63. The van der Waals surface area contributed by atoms with E-state index in [9.17, 15) is 4.79 Å². The third-order valence-corrected chi connectivity index (χ3v) is 2.19. The molecule has 0 aromatic rings. The summed E-state index contributed by atoms with van der Waals surface area (Å²) in [6, 6.07) is 0. The zero-order valence-electron chi connectivity index (χ0n) is 8.33. The highest BCUT2D eigenvalue weighted by atomic mass is 16.5. The van der Waals surface area contributed by atoms with Crippen LogP contribution in [0.1, 0.15) is 19.3 Å². The molecule has 1 saturated heterocycles. The summed E-state index contributed by atoms with van der Waals surface area (Å²) in [4.78, 5) is 10.2. The fraction of sp³-hybridized carbons (Fsp3) is 0.889. The lowest BCUT2D eigenvalue weighted by Gasteiger charge is -2.09. The van der Waals surface area contributed by atoms with Gasteiger partial charge in [-0.2, -0.15) is 0 Å². The zero-order valence-corrected chi connectivity index (χ0v) is 8.33. The van der Waals surface area contributed by atoms with Gasteiger partial charge in [0.25, 0.3) is 0 Å². The highest BCUT2D eigenvalue weighted by Crippen LogP contribution is 2.14. The van der Waals surface area contributed by atoms with Gasteiger partial charge in [0.1, 0.15) is 6.61 Å². The molecule has 1 heterocycles. The van der Waals surface area contributed by atoms with Crippen LogP contribution < -0.4 is 11.1 Å². The van der Waals surface area contributed by atoms with Gasteiger partial charge in [-0.05, 0) is 25.8 Å². The predicted molar refractivity (Wildman–Crippen MR) is 52.0 cm³/mol. The second-order valence-electron chi connectivity index (χ2n) is 3.34. The molecule has 1 amide bonds. The van der Waals surface area contributed by atoms with Gasteiger partial charge in [-0.3, -0.25) is 0 Å². The van der Waals surface area contributed by atoms with Gasteiger partial charge in [0.15, 0.2) is 0 Å². The molecule has 3 N–H and O–H groups in total. The number of hydrogen-bond donors (Lipinski definition) is 2. The molecule has 1 rings (SSSR count). The summed E-state index contributed by atoms with van der Waals surface area (Å²) >= 11 is 0. The minimum atomic E-state index is -0.717. The first-order valence-electron chi connectivity index (χ1n) is 5.03. The van der Waals surface area contributed by atoms with Gasteiger partial charge < -0.3 is 20.5 Å². The SMILES string of the molecule is NC(=O)OCCNCCC1CCCO1. The van der Waals surface area contributed by atoms with E-state index in [0.29, 0.717) is 19.3 Å². The van der Waals surface area contributed by atoms with Crippen LogP contribution in [-0.4, -0.2) is 38.5 Å². The van der Waals surface area contributed by atoms with Crippen LogP contribution in [0.25, 0.3) is 0 Å². The van der Waals surface area contributed by atoms with E-state index < -0.39 is 6.09 Å². The number of nitrogens with two attached hydrogens (primary N) is 1. The van der Waals surface area contributed by atoms with E-state index in [-0.39, 0.29) is 0 Å². The quantitative estimate of drug-likeness (QED) is 0.605. The minimum absolute atomic E-state index is 0.334. The lowest BCUT2D eigenvalue weighted by molar-refractivity contribution is 0.103. The van der Waals surface area contributed by atoms with Gasteiger partial charge >= 0.3 is 6.09 Å². The number of nitrogens with one attached hydrogen (secondary N) is 1. The number of carbonyl (C=O) groups excluding carboxylic acids is 1. The monoisotopic (exact) mass is 202 g/mol.